The molecule has 0 unspecified atom stereocenters. The Kier molecular flexibility index (Phi) is 6.42. The molecule has 0 radical (unpaired) electrons. The molecule has 2 aromatic carbocycles. The topological polar surface area (TPSA) is 128 Å². The zero-order valence-electron chi connectivity index (χ0n) is 20.5. The minimum atomic E-state index is -3.88. The van der Waals surface area contributed by atoms with Crippen LogP contribution >= 0.6 is 23.2 Å². The van der Waals surface area contributed by atoms with Gasteiger partial charge in [0.25, 0.3) is 10.0 Å². The number of nitrogens with zero attached hydrogens (tertiary/aromatic N) is 5. The van der Waals surface area contributed by atoms with Crippen molar-refractivity contribution < 1.29 is 16.8 Å². The summed E-state index contributed by atoms with van der Waals surface area (Å²) in [5, 5.41) is 9.09. The van der Waals surface area contributed by atoms with Crippen LogP contribution in [-0.2, 0) is 20.0 Å². The Hall–Kier alpha value is -3.03. The van der Waals surface area contributed by atoms with Crippen LogP contribution in [-0.4, -0.2) is 46.4 Å². The molecule has 202 valence electrons. The molecule has 0 spiro atoms. The molecule has 0 amide bonds. The van der Waals surface area contributed by atoms with E-state index in [9.17, 15) is 16.8 Å². The van der Waals surface area contributed by atoms with Crippen molar-refractivity contribution in [3.05, 3.63) is 82.4 Å². The summed E-state index contributed by atoms with van der Waals surface area (Å²) < 4.78 is 58.4. The van der Waals surface area contributed by atoms with Crippen LogP contribution in [0, 0.1) is 6.92 Å². The van der Waals surface area contributed by atoms with Crippen LogP contribution < -0.4 is 4.72 Å². The largest absolute Gasteiger partial charge is 0.274 e. The number of hydrogen-bond donors (Lipinski definition) is 1. The van der Waals surface area contributed by atoms with E-state index in [4.69, 9.17) is 23.2 Å². The Balaban J connectivity index is 1.31. The van der Waals surface area contributed by atoms with Gasteiger partial charge in [0.05, 0.1) is 21.5 Å². The maximum absolute atomic E-state index is 13.4. The number of nitrogens with one attached hydrogen (secondary N) is 1. The molecular formula is C25H22Cl2N6O4S2. The van der Waals surface area contributed by atoms with Gasteiger partial charge in [-0.3, -0.25) is 4.40 Å². The number of sulfonamides is 1. The Labute approximate surface area is 234 Å². The van der Waals surface area contributed by atoms with Crippen LogP contribution in [0.1, 0.15) is 36.6 Å². The van der Waals surface area contributed by atoms with E-state index in [1.807, 2.05) is 6.92 Å². The van der Waals surface area contributed by atoms with Crippen molar-refractivity contribution in [3.63, 3.8) is 0 Å². The third-order valence-electron chi connectivity index (χ3n) is 6.91. The first-order valence-corrected chi connectivity index (χ1v) is 15.7. The number of aromatic nitrogens is 5. The van der Waals surface area contributed by atoms with E-state index in [-0.39, 0.29) is 37.4 Å². The second kappa shape index (κ2) is 9.56. The molecule has 3 aromatic heterocycles. The second-order valence-corrected chi connectivity index (χ2v) is 14.0. The molecule has 0 bridgehead atoms. The van der Waals surface area contributed by atoms with Gasteiger partial charge < -0.3 is 0 Å². The SMILES string of the molecule is Cc1ccc(S(=O)(=O)n2ccc3c2ncc2nnc([C@@H]4CC[C@H](NS(=O)(=O)c5cc(Cl)cc(Cl)c5)C4)n23)cc1. The van der Waals surface area contributed by atoms with Crippen molar-refractivity contribution in [3.8, 4) is 0 Å². The van der Waals surface area contributed by atoms with Gasteiger partial charge >= 0.3 is 0 Å². The number of rotatable bonds is 6. The highest BCUT2D eigenvalue weighted by molar-refractivity contribution is 7.90. The average molecular weight is 606 g/mol. The molecule has 0 aliphatic heterocycles. The fourth-order valence-corrected chi connectivity index (χ4v) is 8.33. The first kappa shape index (κ1) is 26.2. The Morgan fingerprint density at radius 1 is 0.923 bits per heavy atom. The molecule has 1 saturated carbocycles. The van der Waals surface area contributed by atoms with Crippen molar-refractivity contribution in [1.82, 2.24) is 28.3 Å². The monoisotopic (exact) mass is 604 g/mol. The summed E-state index contributed by atoms with van der Waals surface area (Å²) >= 11 is 12.0. The minimum Gasteiger partial charge on any atom is -0.274 e. The smallest absolute Gasteiger partial charge is 0.269 e. The fraction of sp³-hybridized carbons (Fsp3) is 0.240. The van der Waals surface area contributed by atoms with Crippen molar-refractivity contribution in [1.29, 1.82) is 0 Å². The molecule has 14 heteroatoms. The molecule has 0 saturated heterocycles. The standard InChI is InChI=1S/C25H22Cl2N6O4S2/c1-15-2-6-20(7-3-15)39(36,37)32-9-8-22-25(32)28-14-23-29-30-24(33(22)23)16-4-5-19(10-16)31-38(34,35)21-12-17(26)11-18(27)13-21/h2-3,6-9,11-14,16,19,31H,4-5,10H2,1H3/t16-,19+/m1/s1. The van der Waals surface area contributed by atoms with Gasteiger partial charge in [-0.05, 0) is 62.6 Å². The van der Waals surface area contributed by atoms with E-state index in [0.29, 0.717) is 36.3 Å². The highest BCUT2D eigenvalue weighted by atomic mass is 35.5. The third-order valence-corrected chi connectivity index (χ3v) is 10.5. The van der Waals surface area contributed by atoms with Gasteiger partial charge in [-0.25, -0.2) is 30.5 Å². The van der Waals surface area contributed by atoms with Crippen LogP contribution in [0.5, 0.6) is 0 Å². The Morgan fingerprint density at radius 2 is 1.64 bits per heavy atom. The van der Waals surface area contributed by atoms with Gasteiger partial charge in [0, 0.05) is 28.2 Å². The lowest BCUT2D eigenvalue weighted by Crippen LogP contribution is -2.33. The van der Waals surface area contributed by atoms with Crippen molar-refractivity contribution in [2.75, 3.05) is 0 Å². The maximum Gasteiger partial charge on any atom is 0.269 e. The minimum absolute atomic E-state index is 0.000265. The summed E-state index contributed by atoms with van der Waals surface area (Å²) in [4.78, 5) is 4.53. The Morgan fingerprint density at radius 3 is 2.36 bits per heavy atom. The summed E-state index contributed by atoms with van der Waals surface area (Å²) in [5.74, 6) is 0.508. The van der Waals surface area contributed by atoms with Crippen molar-refractivity contribution in [2.45, 2.75) is 47.9 Å². The van der Waals surface area contributed by atoms with Crippen LogP contribution in [0.2, 0.25) is 10.0 Å². The number of hydrogen-bond acceptors (Lipinski definition) is 7. The zero-order valence-corrected chi connectivity index (χ0v) is 23.6. The predicted molar refractivity (Wildman–Crippen MR) is 147 cm³/mol. The average Bonchev–Trinajstić information content (AvgIpc) is 3.61. The van der Waals surface area contributed by atoms with Crippen LogP contribution in [0.4, 0.5) is 0 Å². The van der Waals surface area contributed by atoms with E-state index < -0.39 is 20.0 Å². The molecule has 1 N–H and O–H groups in total. The van der Waals surface area contributed by atoms with Gasteiger partial charge in [-0.2, -0.15) is 0 Å². The number of aryl methyl sites for hydroxylation is 1. The third kappa shape index (κ3) is 4.70. The summed E-state index contributed by atoms with van der Waals surface area (Å²) in [6, 6.07) is 12.1. The normalized spacial score (nSPS) is 18.3. The zero-order chi connectivity index (χ0) is 27.5. The van der Waals surface area contributed by atoms with Crippen LogP contribution in [0.3, 0.4) is 0 Å². The first-order chi connectivity index (χ1) is 18.5. The predicted octanol–water partition coefficient (Wildman–Crippen LogP) is 4.55. The number of benzene rings is 2. The number of fused-ring (bicyclic) bond motifs is 3. The summed E-state index contributed by atoms with van der Waals surface area (Å²) in [5.41, 5.74) is 2.22. The molecule has 39 heavy (non-hydrogen) atoms. The molecule has 10 nitrogen and oxygen atoms in total. The van der Waals surface area contributed by atoms with Crippen LogP contribution in [0.25, 0.3) is 16.8 Å². The van der Waals surface area contributed by atoms with Gasteiger partial charge in [-0.1, -0.05) is 40.9 Å². The quantitative estimate of drug-likeness (QED) is 0.301. The summed E-state index contributed by atoms with van der Waals surface area (Å²) in [6.45, 7) is 1.89. The Bertz CT molecular complexity index is 1930. The van der Waals surface area contributed by atoms with Gasteiger partial charge in [0.2, 0.25) is 10.0 Å². The lowest BCUT2D eigenvalue weighted by Gasteiger charge is -2.14. The number of halogens is 2. The lowest BCUT2D eigenvalue weighted by atomic mass is 10.1. The molecule has 6 rings (SSSR count). The van der Waals surface area contributed by atoms with E-state index in [0.717, 1.165) is 9.54 Å². The van der Waals surface area contributed by atoms with E-state index in [2.05, 4.69) is 19.9 Å². The molecule has 1 fully saturated rings. The molecular weight excluding hydrogens is 583 g/mol. The van der Waals surface area contributed by atoms with E-state index in [1.54, 1.807) is 34.7 Å². The fourth-order valence-electron chi connectivity index (χ4n) is 5.03. The molecule has 1 aliphatic carbocycles. The van der Waals surface area contributed by atoms with Gasteiger partial charge in [0.15, 0.2) is 11.3 Å². The molecule has 2 atom stereocenters. The second-order valence-electron chi connectivity index (χ2n) is 9.58. The molecule has 1 aliphatic rings. The highest BCUT2D eigenvalue weighted by Gasteiger charge is 2.33. The van der Waals surface area contributed by atoms with Crippen molar-refractivity contribution in [2.24, 2.45) is 0 Å². The summed E-state index contributed by atoms with van der Waals surface area (Å²) in [7, 11) is -7.72. The highest BCUT2D eigenvalue weighted by Crippen LogP contribution is 2.36. The van der Waals surface area contributed by atoms with Gasteiger partial charge in [0.1, 0.15) is 5.82 Å². The maximum atomic E-state index is 13.4. The van der Waals surface area contributed by atoms with E-state index in [1.165, 1.54) is 30.6 Å². The van der Waals surface area contributed by atoms with Crippen molar-refractivity contribution >= 4 is 60.1 Å². The van der Waals surface area contributed by atoms with Crippen LogP contribution in [0.15, 0.2) is 70.7 Å². The van der Waals surface area contributed by atoms with Gasteiger partial charge in [-0.15, -0.1) is 10.2 Å². The molecule has 5 aromatic rings. The summed E-state index contributed by atoms with van der Waals surface area (Å²) in [6.07, 6.45) is 4.69. The molecule has 3 heterocycles. The van der Waals surface area contributed by atoms with E-state index >= 15 is 0 Å². The lowest BCUT2D eigenvalue weighted by molar-refractivity contribution is 0.546. The first-order valence-electron chi connectivity index (χ1n) is 12.0.